The summed E-state index contributed by atoms with van der Waals surface area (Å²) >= 11 is 4.70. The van der Waals surface area contributed by atoms with Gasteiger partial charge in [-0.05, 0) is 37.9 Å². The van der Waals surface area contributed by atoms with Gasteiger partial charge in [0.25, 0.3) is 0 Å². The molecule has 1 saturated carbocycles. The molecule has 2 nitrogen and oxygen atoms in total. The molecular weight excluding hydrogens is 242 g/mol. The Kier molecular flexibility index (Phi) is 5.01. The molecule has 1 heterocycles. The van der Waals surface area contributed by atoms with Gasteiger partial charge >= 0.3 is 0 Å². The van der Waals surface area contributed by atoms with Crippen LogP contribution in [0, 0.1) is 5.41 Å². The van der Waals surface area contributed by atoms with Gasteiger partial charge in [0.2, 0.25) is 0 Å². The molecular formula is C15H29NOS. The molecule has 0 aromatic rings. The second-order valence-corrected chi connectivity index (χ2v) is 7.18. The van der Waals surface area contributed by atoms with Crippen LogP contribution in [0.25, 0.3) is 0 Å². The summed E-state index contributed by atoms with van der Waals surface area (Å²) in [5.74, 6) is 1.04. The van der Waals surface area contributed by atoms with Crippen LogP contribution in [-0.4, -0.2) is 42.5 Å². The van der Waals surface area contributed by atoms with Crippen molar-refractivity contribution in [3.63, 3.8) is 0 Å². The fourth-order valence-corrected chi connectivity index (χ4v) is 3.85. The molecule has 3 heteroatoms. The summed E-state index contributed by atoms with van der Waals surface area (Å²) in [6.07, 6.45) is 8.36. The second kappa shape index (κ2) is 6.15. The first kappa shape index (κ1) is 14.7. The van der Waals surface area contributed by atoms with Crippen molar-refractivity contribution in [3.05, 3.63) is 0 Å². The number of thiol groups is 1. The molecule has 0 unspecified atom stereocenters. The van der Waals surface area contributed by atoms with Crippen molar-refractivity contribution >= 4 is 12.6 Å². The summed E-state index contributed by atoms with van der Waals surface area (Å²) in [4.78, 5) is 2.65. The molecule has 1 aliphatic heterocycles. The average Bonchev–Trinajstić information content (AvgIpc) is 2.58. The van der Waals surface area contributed by atoms with Crippen LogP contribution in [0.3, 0.4) is 0 Å². The lowest BCUT2D eigenvalue weighted by Crippen LogP contribution is -2.56. The van der Waals surface area contributed by atoms with Crippen LogP contribution < -0.4 is 0 Å². The molecule has 0 aromatic heterocycles. The quantitative estimate of drug-likeness (QED) is 0.624. The summed E-state index contributed by atoms with van der Waals surface area (Å²) in [5.41, 5.74) is 0.648. The molecule has 0 bridgehead atoms. The first-order valence-electron chi connectivity index (χ1n) is 7.52. The SMILES string of the molecule is CC1(C)COCCN1CC1(CS)CCCCCC1. The average molecular weight is 271 g/mol. The van der Waals surface area contributed by atoms with Crippen LogP contribution >= 0.6 is 12.6 Å². The number of ether oxygens (including phenoxy) is 1. The Hall–Kier alpha value is 0.270. The van der Waals surface area contributed by atoms with Gasteiger partial charge in [-0.15, -0.1) is 0 Å². The minimum Gasteiger partial charge on any atom is -0.378 e. The second-order valence-electron chi connectivity index (χ2n) is 6.86. The first-order chi connectivity index (χ1) is 8.58. The summed E-state index contributed by atoms with van der Waals surface area (Å²) in [6.45, 7) is 8.70. The predicted octanol–water partition coefficient (Wildman–Crippen LogP) is 3.37. The van der Waals surface area contributed by atoms with Crippen molar-refractivity contribution in [2.45, 2.75) is 57.9 Å². The fourth-order valence-electron chi connectivity index (χ4n) is 3.43. The van der Waals surface area contributed by atoms with E-state index in [1.54, 1.807) is 0 Å². The van der Waals surface area contributed by atoms with Gasteiger partial charge in [0, 0.05) is 18.6 Å². The summed E-state index contributed by atoms with van der Waals surface area (Å²) in [5, 5.41) is 0. The number of nitrogens with zero attached hydrogens (tertiary/aromatic N) is 1. The van der Waals surface area contributed by atoms with Crippen molar-refractivity contribution in [3.8, 4) is 0 Å². The van der Waals surface area contributed by atoms with Crippen molar-refractivity contribution in [2.24, 2.45) is 5.41 Å². The third-order valence-electron chi connectivity index (χ3n) is 4.84. The van der Waals surface area contributed by atoms with E-state index in [4.69, 9.17) is 17.4 Å². The van der Waals surface area contributed by atoms with Crippen LogP contribution in [0.5, 0.6) is 0 Å². The van der Waals surface area contributed by atoms with Crippen molar-refractivity contribution in [2.75, 3.05) is 32.1 Å². The highest BCUT2D eigenvalue weighted by atomic mass is 32.1. The maximum Gasteiger partial charge on any atom is 0.0645 e. The van der Waals surface area contributed by atoms with E-state index in [0.717, 1.165) is 25.5 Å². The number of hydrogen-bond donors (Lipinski definition) is 1. The molecule has 1 aliphatic carbocycles. The van der Waals surface area contributed by atoms with Crippen LogP contribution in [0.4, 0.5) is 0 Å². The highest BCUT2D eigenvalue weighted by Gasteiger charge is 2.38. The van der Waals surface area contributed by atoms with Gasteiger partial charge in [0.15, 0.2) is 0 Å². The largest absolute Gasteiger partial charge is 0.378 e. The Labute approximate surface area is 118 Å². The van der Waals surface area contributed by atoms with E-state index in [2.05, 4.69) is 18.7 Å². The lowest BCUT2D eigenvalue weighted by Gasteiger charge is -2.47. The minimum atomic E-state index is 0.195. The third kappa shape index (κ3) is 3.43. The number of hydrogen-bond acceptors (Lipinski definition) is 3. The maximum absolute atomic E-state index is 5.63. The van der Waals surface area contributed by atoms with E-state index in [1.165, 1.54) is 45.1 Å². The van der Waals surface area contributed by atoms with Crippen molar-refractivity contribution in [1.29, 1.82) is 0 Å². The van der Waals surface area contributed by atoms with Gasteiger partial charge in [-0.3, -0.25) is 4.90 Å². The molecule has 0 amide bonds. The molecule has 0 aromatic carbocycles. The van der Waals surface area contributed by atoms with Gasteiger partial charge in [-0.1, -0.05) is 25.7 Å². The first-order valence-corrected chi connectivity index (χ1v) is 8.15. The Morgan fingerprint density at radius 1 is 1.11 bits per heavy atom. The molecule has 1 saturated heterocycles. The Morgan fingerprint density at radius 3 is 2.33 bits per heavy atom. The van der Waals surface area contributed by atoms with E-state index in [0.29, 0.717) is 5.41 Å². The lowest BCUT2D eigenvalue weighted by molar-refractivity contribution is -0.0674. The topological polar surface area (TPSA) is 12.5 Å². The van der Waals surface area contributed by atoms with E-state index in [1.807, 2.05) is 0 Å². The number of morpholine rings is 1. The molecule has 0 atom stereocenters. The maximum atomic E-state index is 5.63. The highest BCUT2D eigenvalue weighted by Crippen LogP contribution is 2.38. The smallest absolute Gasteiger partial charge is 0.0645 e. The highest BCUT2D eigenvalue weighted by molar-refractivity contribution is 7.80. The third-order valence-corrected chi connectivity index (χ3v) is 5.51. The monoisotopic (exact) mass is 271 g/mol. The minimum absolute atomic E-state index is 0.195. The zero-order chi connectivity index (χ0) is 13.1. The van der Waals surface area contributed by atoms with E-state index < -0.39 is 0 Å². The normalized spacial score (nSPS) is 28.8. The van der Waals surface area contributed by atoms with Gasteiger partial charge in [0.05, 0.1) is 13.2 Å². The fraction of sp³-hybridized carbons (Fsp3) is 1.00. The number of rotatable bonds is 3. The molecule has 0 spiro atoms. The van der Waals surface area contributed by atoms with E-state index >= 15 is 0 Å². The summed E-state index contributed by atoms with van der Waals surface area (Å²) in [6, 6.07) is 0. The molecule has 2 fully saturated rings. The Balaban J connectivity index is 2.03. The molecule has 18 heavy (non-hydrogen) atoms. The van der Waals surface area contributed by atoms with E-state index in [9.17, 15) is 0 Å². The predicted molar refractivity (Wildman–Crippen MR) is 80.5 cm³/mol. The summed E-state index contributed by atoms with van der Waals surface area (Å²) < 4.78 is 5.63. The zero-order valence-electron chi connectivity index (χ0n) is 12.1. The zero-order valence-corrected chi connectivity index (χ0v) is 13.0. The Morgan fingerprint density at radius 2 is 1.78 bits per heavy atom. The molecule has 2 aliphatic rings. The lowest BCUT2D eigenvalue weighted by atomic mass is 9.80. The Bertz CT molecular complexity index is 259. The summed E-state index contributed by atoms with van der Waals surface area (Å²) in [7, 11) is 0. The van der Waals surface area contributed by atoms with Gasteiger partial charge in [-0.25, -0.2) is 0 Å². The van der Waals surface area contributed by atoms with Crippen LogP contribution in [0.15, 0.2) is 0 Å². The molecule has 106 valence electrons. The molecule has 2 rings (SSSR count). The molecule has 0 N–H and O–H groups in total. The van der Waals surface area contributed by atoms with Crippen molar-refractivity contribution < 1.29 is 4.74 Å². The van der Waals surface area contributed by atoms with Crippen LogP contribution in [0.2, 0.25) is 0 Å². The van der Waals surface area contributed by atoms with Crippen LogP contribution in [0.1, 0.15) is 52.4 Å². The van der Waals surface area contributed by atoms with Gasteiger partial charge < -0.3 is 4.74 Å². The van der Waals surface area contributed by atoms with Gasteiger partial charge in [-0.2, -0.15) is 12.6 Å². The molecule has 0 radical (unpaired) electrons. The van der Waals surface area contributed by atoms with E-state index in [-0.39, 0.29) is 5.54 Å². The van der Waals surface area contributed by atoms with Gasteiger partial charge in [0.1, 0.15) is 0 Å². The standard InChI is InChI=1S/C15H29NOS/c1-14(2)12-17-10-9-16(14)11-15(13-18)7-5-3-4-6-8-15/h18H,3-13H2,1-2H3. The van der Waals surface area contributed by atoms with Crippen LogP contribution in [-0.2, 0) is 4.74 Å². The van der Waals surface area contributed by atoms with Crippen molar-refractivity contribution in [1.82, 2.24) is 4.90 Å².